The molecule has 0 aromatic heterocycles. The van der Waals surface area contributed by atoms with E-state index in [-0.39, 0.29) is 44.5 Å². The Morgan fingerprint density at radius 2 is 1.59 bits per heavy atom. The lowest BCUT2D eigenvalue weighted by Crippen LogP contribution is -2.44. The molecule has 32 heavy (non-hydrogen) atoms. The first kappa shape index (κ1) is 27.2. The fourth-order valence-electron chi connectivity index (χ4n) is 2.83. The maximum absolute atomic E-state index is 12.7. The molecule has 0 unspecified atom stereocenters. The van der Waals surface area contributed by atoms with Crippen molar-refractivity contribution in [1.29, 1.82) is 0 Å². The number of unbranched alkanes of at least 4 members (excludes halogenated alkanes) is 1. The van der Waals surface area contributed by atoms with E-state index in [0.717, 1.165) is 11.8 Å². The molecule has 0 aliphatic carbocycles. The Bertz CT molecular complexity index is 664. The Labute approximate surface area is 188 Å². The molecule has 1 heterocycles. The summed E-state index contributed by atoms with van der Waals surface area (Å²) in [4.78, 5) is 66.5. The zero-order valence-electron chi connectivity index (χ0n) is 17.7. The van der Waals surface area contributed by atoms with Crippen LogP contribution in [0, 0.1) is 26.1 Å². The van der Waals surface area contributed by atoms with E-state index in [1.807, 2.05) is 0 Å². The largest absolute Gasteiger partial charge is 0.464 e. The van der Waals surface area contributed by atoms with Gasteiger partial charge in [-0.15, -0.1) is 20.2 Å². The molecule has 0 radical (unpaired) electrons. The number of nitrogens with zero attached hydrogens (tertiary/aromatic N) is 3. The molecule has 1 aliphatic rings. The minimum absolute atomic E-state index is 0.0550. The molecule has 0 spiro atoms. The molecule has 1 amide bonds. The van der Waals surface area contributed by atoms with Gasteiger partial charge < -0.3 is 24.0 Å². The summed E-state index contributed by atoms with van der Waals surface area (Å²) in [6.45, 7) is 1.81. The van der Waals surface area contributed by atoms with Crippen molar-refractivity contribution in [1.82, 2.24) is 4.90 Å². The summed E-state index contributed by atoms with van der Waals surface area (Å²) in [5.41, 5.74) is 0. The Morgan fingerprint density at radius 3 is 2.25 bits per heavy atom. The second kappa shape index (κ2) is 15.0. The number of carbonyl (C=O) groups excluding carboxylic acids is 3. The maximum Gasteiger partial charge on any atom is 0.367 e. The molecule has 1 saturated heterocycles. The van der Waals surface area contributed by atoms with Gasteiger partial charge >= 0.3 is 11.3 Å². The van der Waals surface area contributed by atoms with Crippen molar-refractivity contribution >= 4 is 28.9 Å². The second-order valence-electron chi connectivity index (χ2n) is 6.84. The third kappa shape index (κ3) is 11.0. The highest BCUT2D eigenvalue weighted by Crippen LogP contribution is 2.23. The van der Waals surface area contributed by atoms with E-state index < -0.39 is 33.4 Å². The van der Waals surface area contributed by atoms with Gasteiger partial charge in [-0.25, -0.2) is 9.59 Å². The van der Waals surface area contributed by atoms with Gasteiger partial charge in [0, 0.05) is 24.6 Å². The van der Waals surface area contributed by atoms with Crippen LogP contribution in [0.1, 0.15) is 39.0 Å². The van der Waals surface area contributed by atoms with Crippen LogP contribution < -0.4 is 0 Å². The molecule has 14 nitrogen and oxygen atoms in total. The van der Waals surface area contributed by atoms with Crippen LogP contribution in [0.3, 0.4) is 0 Å². The highest BCUT2D eigenvalue weighted by atomic mass is 32.2. The average Bonchev–Trinajstić information content (AvgIpc) is 3.23. The van der Waals surface area contributed by atoms with Gasteiger partial charge in [-0.05, 0) is 37.4 Å². The van der Waals surface area contributed by atoms with Gasteiger partial charge in [0.25, 0.3) is 10.2 Å². The number of amides is 1. The molecular weight excluding hydrogens is 454 g/mol. The standard InChI is InChI=1S/C17H27N3O11S/c1-13(12-32-17(23)29-8-2-3-10-30-19(24)25)15(21)18-7-4-6-14(18)16(22)28-9-5-11-31-20(26)27/h13-14H,2-12H2,1H3/t13-,14+/m1/s1. The van der Waals surface area contributed by atoms with Crippen molar-refractivity contribution in [2.24, 2.45) is 5.92 Å². The highest BCUT2D eigenvalue weighted by Gasteiger charge is 2.37. The van der Waals surface area contributed by atoms with Gasteiger partial charge in [-0.3, -0.25) is 4.79 Å². The molecule has 2 atom stereocenters. The summed E-state index contributed by atoms with van der Waals surface area (Å²) in [6, 6.07) is -0.722. The zero-order valence-corrected chi connectivity index (χ0v) is 18.5. The summed E-state index contributed by atoms with van der Waals surface area (Å²) in [5.74, 6) is -1.22. The lowest BCUT2D eigenvalue weighted by molar-refractivity contribution is -0.757. The van der Waals surface area contributed by atoms with Crippen LogP contribution in [0.25, 0.3) is 0 Å². The number of thioether (sulfide) groups is 1. The van der Waals surface area contributed by atoms with Gasteiger partial charge in [-0.2, -0.15) is 0 Å². The van der Waals surface area contributed by atoms with Gasteiger partial charge in [0.05, 0.1) is 26.4 Å². The van der Waals surface area contributed by atoms with Crippen LogP contribution in [0.15, 0.2) is 0 Å². The van der Waals surface area contributed by atoms with E-state index in [1.54, 1.807) is 6.92 Å². The number of hydrogen-bond acceptors (Lipinski definition) is 12. The van der Waals surface area contributed by atoms with Crippen molar-refractivity contribution in [3.05, 3.63) is 20.2 Å². The molecule has 0 aromatic rings. The van der Waals surface area contributed by atoms with Crippen molar-refractivity contribution < 1.29 is 43.7 Å². The Morgan fingerprint density at radius 1 is 1.00 bits per heavy atom. The monoisotopic (exact) mass is 481 g/mol. The minimum Gasteiger partial charge on any atom is -0.464 e. The average molecular weight is 481 g/mol. The quantitative estimate of drug-likeness (QED) is 0.143. The fraction of sp³-hybridized carbons (Fsp3) is 0.824. The number of carbonyl (C=O) groups is 3. The molecule has 182 valence electrons. The van der Waals surface area contributed by atoms with Crippen LogP contribution in [-0.2, 0) is 28.7 Å². The Kier molecular flexibility index (Phi) is 12.8. The van der Waals surface area contributed by atoms with Crippen LogP contribution in [0.5, 0.6) is 0 Å². The molecule has 1 aliphatic heterocycles. The second-order valence-corrected chi connectivity index (χ2v) is 7.80. The maximum atomic E-state index is 12.7. The van der Waals surface area contributed by atoms with Crippen molar-refractivity contribution in [3.63, 3.8) is 0 Å². The normalized spacial score (nSPS) is 16.2. The summed E-state index contributed by atoms with van der Waals surface area (Å²) in [6.07, 6.45) is 2.02. The molecular formula is C17H27N3O11S. The van der Waals surface area contributed by atoms with Crippen molar-refractivity contribution in [2.45, 2.75) is 45.1 Å². The lowest BCUT2D eigenvalue weighted by atomic mass is 10.1. The van der Waals surface area contributed by atoms with Crippen LogP contribution >= 0.6 is 11.8 Å². The predicted molar refractivity (Wildman–Crippen MR) is 108 cm³/mol. The molecule has 15 heteroatoms. The molecule has 0 saturated carbocycles. The van der Waals surface area contributed by atoms with Crippen LogP contribution in [0.4, 0.5) is 4.79 Å². The SMILES string of the molecule is C[C@H](CSC(=O)OCCCCO[N+](=O)[O-])C(=O)N1CCC[C@H]1C(=O)OCCCO[N+](=O)[O-]. The molecule has 0 N–H and O–H groups in total. The van der Waals surface area contributed by atoms with E-state index in [1.165, 1.54) is 4.90 Å². The van der Waals surface area contributed by atoms with Crippen LogP contribution in [0.2, 0.25) is 0 Å². The van der Waals surface area contributed by atoms with E-state index in [4.69, 9.17) is 9.47 Å². The number of rotatable bonds is 15. The predicted octanol–water partition coefficient (Wildman–Crippen LogP) is 1.61. The number of esters is 1. The molecule has 0 aromatic carbocycles. The van der Waals surface area contributed by atoms with E-state index in [0.29, 0.717) is 32.2 Å². The first-order valence-corrected chi connectivity index (χ1v) is 11.0. The van der Waals surface area contributed by atoms with Gasteiger partial charge in [0.1, 0.15) is 6.04 Å². The molecule has 1 rings (SSSR count). The van der Waals surface area contributed by atoms with E-state index in [2.05, 4.69) is 9.68 Å². The van der Waals surface area contributed by atoms with E-state index in [9.17, 15) is 34.6 Å². The summed E-state index contributed by atoms with van der Waals surface area (Å²) in [5, 5.41) is 17.7. The number of hydrogen-bond donors (Lipinski definition) is 0. The Hall–Kier alpha value is -2.84. The number of ether oxygens (including phenoxy) is 2. The third-order valence-electron chi connectivity index (χ3n) is 4.37. The zero-order chi connectivity index (χ0) is 23.9. The van der Waals surface area contributed by atoms with Gasteiger partial charge in [-0.1, -0.05) is 6.92 Å². The molecule has 0 bridgehead atoms. The first-order valence-electron chi connectivity index (χ1n) is 10.0. The molecule has 1 fully saturated rings. The summed E-state index contributed by atoms with van der Waals surface area (Å²) in [7, 11) is 0. The lowest BCUT2D eigenvalue weighted by Gasteiger charge is -2.26. The van der Waals surface area contributed by atoms with Crippen molar-refractivity contribution in [2.75, 3.05) is 38.7 Å². The summed E-state index contributed by atoms with van der Waals surface area (Å²) >= 11 is 0.838. The number of likely N-dealkylation sites (tertiary alicyclic amines) is 1. The smallest absolute Gasteiger partial charge is 0.367 e. The van der Waals surface area contributed by atoms with Crippen LogP contribution in [-0.4, -0.2) is 77.0 Å². The first-order chi connectivity index (χ1) is 15.2. The van der Waals surface area contributed by atoms with E-state index >= 15 is 0 Å². The topological polar surface area (TPSA) is 178 Å². The fourth-order valence-corrected chi connectivity index (χ4v) is 3.53. The highest BCUT2D eigenvalue weighted by molar-refractivity contribution is 8.13. The third-order valence-corrected chi connectivity index (χ3v) is 5.39. The minimum atomic E-state index is -0.928. The van der Waals surface area contributed by atoms with Gasteiger partial charge in [0.15, 0.2) is 0 Å². The Balaban J connectivity index is 2.29. The summed E-state index contributed by atoms with van der Waals surface area (Å²) < 4.78 is 10.1. The van der Waals surface area contributed by atoms with Crippen molar-refractivity contribution in [3.8, 4) is 0 Å². The van der Waals surface area contributed by atoms with Gasteiger partial charge in [0.2, 0.25) is 5.91 Å².